The van der Waals surface area contributed by atoms with Crippen LogP contribution in [-0.2, 0) is 21.3 Å². The number of esters is 1. The Morgan fingerprint density at radius 3 is 2.34 bits per heavy atom. The SMILES string of the molecule is C#CCn1c(=NC(=O)c2ccc(S(=O)(=O)N(CC=C)CC=C)cc2)sc2cc(C(=O)OC)ccc21. The Morgan fingerprint density at radius 1 is 1.14 bits per heavy atom. The Kier molecular flexibility index (Phi) is 8.19. The predicted octanol–water partition coefficient (Wildman–Crippen LogP) is 3.23. The van der Waals surface area contributed by atoms with Crippen LogP contribution in [0.1, 0.15) is 20.7 Å². The second kappa shape index (κ2) is 11.1. The molecule has 10 heteroatoms. The number of aromatic nitrogens is 1. The molecule has 8 nitrogen and oxygen atoms in total. The first-order chi connectivity index (χ1) is 16.8. The van der Waals surface area contributed by atoms with Crippen molar-refractivity contribution in [3.63, 3.8) is 0 Å². The molecule has 0 spiro atoms. The second-order valence-electron chi connectivity index (χ2n) is 7.19. The third-order valence-corrected chi connectivity index (χ3v) is 7.84. The molecule has 0 aliphatic heterocycles. The molecular formula is C25H23N3O5S2. The maximum Gasteiger partial charge on any atom is 0.337 e. The van der Waals surface area contributed by atoms with Gasteiger partial charge >= 0.3 is 5.97 Å². The van der Waals surface area contributed by atoms with E-state index in [1.807, 2.05) is 0 Å². The zero-order valence-electron chi connectivity index (χ0n) is 19.0. The highest BCUT2D eigenvalue weighted by atomic mass is 32.2. The first kappa shape index (κ1) is 25.8. The van der Waals surface area contributed by atoms with E-state index in [9.17, 15) is 18.0 Å². The fraction of sp³-hybridized carbons (Fsp3) is 0.160. The molecule has 2 aromatic carbocycles. The molecule has 35 heavy (non-hydrogen) atoms. The number of thiazole rings is 1. The van der Waals surface area contributed by atoms with Gasteiger partial charge in [0.1, 0.15) is 0 Å². The number of hydrogen-bond acceptors (Lipinski definition) is 6. The fourth-order valence-electron chi connectivity index (χ4n) is 3.28. The Bertz CT molecular complexity index is 1500. The quantitative estimate of drug-likeness (QED) is 0.251. The number of amides is 1. The maximum absolute atomic E-state index is 12.9. The Hall–Kier alpha value is -3.78. The molecule has 3 rings (SSSR count). The van der Waals surface area contributed by atoms with Crippen LogP contribution in [0.4, 0.5) is 0 Å². The van der Waals surface area contributed by atoms with E-state index in [2.05, 4.69) is 24.1 Å². The summed E-state index contributed by atoms with van der Waals surface area (Å²) < 4.78 is 34.1. The van der Waals surface area contributed by atoms with Crippen molar-refractivity contribution in [2.24, 2.45) is 4.99 Å². The summed E-state index contributed by atoms with van der Waals surface area (Å²) in [4.78, 5) is 29.3. The van der Waals surface area contributed by atoms with E-state index in [4.69, 9.17) is 11.2 Å². The first-order valence-corrected chi connectivity index (χ1v) is 12.6. The van der Waals surface area contributed by atoms with Gasteiger partial charge in [-0.25, -0.2) is 13.2 Å². The maximum atomic E-state index is 12.9. The molecule has 0 fully saturated rings. The van der Waals surface area contributed by atoms with E-state index in [0.29, 0.717) is 15.1 Å². The molecule has 1 aromatic heterocycles. The molecule has 180 valence electrons. The highest BCUT2D eigenvalue weighted by Gasteiger charge is 2.22. The molecule has 0 atom stereocenters. The largest absolute Gasteiger partial charge is 0.465 e. The van der Waals surface area contributed by atoms with Gasteiger partial charge in [-0.05, 0) is 42.5 Å². The minimum absolute atomic E-state index is 0.0392. The smallest absolute Gasteiger partial charge is 0.337 e. The zero-order chi connectivity index (χ0) is 25.6. The van der Waals surface area contributed by atoms with Gasteiger partial charge < -0.3 is 9.30 Å². The van der Waals surface area contributed by atoms with Gasteiger partial charge in [-0.15, -0.1) is 19.6 Å². The molecule has 0 N–H and O–H groups in total. The number of benzene rings is 2. The second-order valence-corrected chi connectivity index (χ2v) is 10.1. The third-order valence-electron chi connectivity index (χ3n) is 4.95. The number of hydrogen-bond donors (Lipinski definition) is 0. The Morgan fingerprint density at radius 2 is 1.77 bits per heavy atom. The number of ether oxygens (including phenoxy) is 1. The van der Waals surface area contributed by atoms with Crippen LogP contribution in [0.25, 0.3) is 10.2 Å². The van der Waals surface area contributed by atoms with Gasteiger partial charge in [0.15, 0.2) is 4.80 Å². The van der Waals surface area contributed by atoms with E-state index < -0.39 is 21.9 Å². The number of fused-ring (bicyclic) bond motifs is 1. The number of terminal acetylenes is 1. The van der Waals surface area contributed by atoms with Gasteiger partial charge in [-0.2, -0.15) is 9.30 Å². The average Bonchev–Trinajstić information content (AvgIpc) is 3.19. The molecule has 0 radical (unpaired) electrons. The van der Waals surface area contributed by atoms with Crippen molar-refractivity contribution in [3.05, 3.63) is 83.7 Å². The number of methoxy groups -OCH3 is 1. The molecule has 0 aliphatic rings. The summed E-state index contributed by atoms with van der Waals surface area (Å²) in [6.45, 7) is 7.60. The summed E-state index contributed by atoms with van der Waals surface area (Å²) in [5, 5.41) is 0. The molecule has 0 bridgehead atoms. The summed E-state index contributed by atoms with van der Waals surface area (Å²) in [7, 11) is -2.49. The summed E-state index contributed by atoms with van der Waals surface area (Å²) in [5.74, 6) is 1.50. The van der Waals surface area contributed by atoms with Crippen molar-refractivity contribution in [3.8, 4) is 12.3 Å². The van der Waals surface area contributed by atoms with Crippen molar-refractivity contribution in [1.82, 2.24) is 8.87 Å². The van der Waals surface area contributed by atoms with Crippen LogP contribution in [0, 0.1) is 12.3 Å². The van der Waals surface area contributed by atoms with E-state index in [1.165, 1.54) is 59.2 Å². The fourth-order valence-corrected chi connectivity index (χ4v) is 5.72. The lowest BCUT2D eigenvalue weighted by atomic mass is 10.2. The lowest BCUT2D eigenvalue weighted by molar-refractivity contribution is 0.0600. The monoisotopic (exact) mass is 509 g/mol. The van der Waals surface area contributed by atoms with Crippen molar-refractivity contribution >= 4 is 43.5 Å². The van der Waals surface area contributed by atoms with Crippen LogP contribution in [0.5, 0.6) is 0 Å². The van der Waals surface area contributed by atoms with Crippen molar-refractivity contribution in [1.29, 1.82) is 0 Å². The number of sulfonamides is 1. The minimum Gasteiger partial charge on any atom is -0.465 e. The normalized spacial score (nSPS) is 11.9. The van der Waals surface area contributed by atoms with E-state index >= 15 is 0 Å². The summed E-state index contributed by atoms with van der Waals surface area (Å²) in [6.07, 6.45) is 8.48. The van der Waals surface area contributed by atoms with Gasteiger partial charge in [0.25, 0.3) is 5.91 Å². The number of rotatable bonds is 9. The van der Waals surface area contributed by atoms with Crippen molar-refractivity contribution in [2.75, 3.05) is 20.2 Å². The van der Waals surface area contributed by atoms with Crippen molar-refractivity contribution in [2.45, 2.75) is 11.4 Å². The standard InChI is InChI=1S/C25H23N3O5S2/c1-5-14-27(15-6-2)35(31,32)20-11-8-18(9-12-20)23(29)26-25-28(16-7-3)21-13-10-19(24(30)33-4)17-22(21)34-25/h3,5-6,8-13,17H,1-2,14-16H2,4H3. The van der Waals surface area contributed by atoms with Crippen molar-refractivity contribution < 1.29 is 22.7 Å². The molecule has 0 saturated carbocycles. The van der Waals surface area contributed by atoms with Crippen LogP contribution >= 0.6 is 11.3 Å². The molecule has 1 amide bonds. The van der Waals surface area contributed by atoms with Gasteiger partial charge in [-0.3, -0.25) is 4.79 Å². The lowest BCUT2D eigenvalue weighted by Gasteiger charge is -2.19. The summed E-state index contributed by atoms with van der Waals surface area (Å²) >= 11 is 1.20. The van der Waals surface area contributed by atoms with Crippen LogP contribution < -0.4 is 4.80 Å². The van der Waals surface area contributed by atoms with Gasteiger partial charge in [-0.1, -0.05) is 29.4 Å². The van der Waals surface area contributed by atoms with Gasteiger partial charge in [0, 0.05) is 18.7 Å². The molecule has 0 unspecified atom stereocenters. The highest BCUT2D eigenvalue weighted by molar-refractivity contribution is 7.89. The van der Waals surface area contributed by atoms with Crippen LogP contribution in [-0.4, -0.2) is 49.4 Å². The Labute approximate surface area is 207 Å². The first-order valence-electron chi connectivity index (χ1n) is 10.3. The third kappa shape index (κ3) is 5.49. The average molecular weight is 510 g/mol. The van der Waals surface area contributed by atoms with Crippen LogP contribution in [0.3, 0.4) is 0 Å². The van der Waals surface area contributed by atoms with E-state index in [-0.39, 0.29) is 30.1 Å². The topological polar surface area (TPSA) is 98.0 Å². The predicted molar refractivity (Wildman–Crippen MR) is 135 cm³/mol. The zero-order valence-corrected chi connectivity index (χ0v) is 20.6. The molecule has 0 aliphatic carbocycles. The Balaban J connectivity index is 1.99. The molecular weight excluding hydrogens is 486 g/mol. The van der Waals surface area contributed by atoms with E-state index in [0.717, 1.165) is 5.52 Å². The van der Waals surface area contributed by atoms with Gasteiger partial charge in [0.05, 0.1) is 34.3 Å². The highest BCUT2D eigenvalue weighted by Crippen LogP contribution is 2.21. The van der Waals surface area contributed by atoms with Gasteiger partial charge in [0.2, 0.25) is 10.0 Å². The number of nitrogens with zero attached hydrogens (tertiary/aromatic N) is 3. The summed E-state index contributed by atoms with van der Waals surface area (Å²) in [5.41, 5.74) is 1.30. The van der Waals surface area contributed by atoms with Crippen LogP contribution in [0.15, 0.2) is 77.7 Å². The molecule has 1 heterocycles. The molecule has 3 aromatic rings. The number of carbonyl (C=O) groups excluding carboxylic acids is 2. The van der Waals surface area contributed by atoms with Crippen LogP contribution in [0.2, 0.25) is 0 Å². The summed E-state index contributed by atoms with van der Waals surface area (Å²) in [6, 6.07) is 10.5. The number of carbonyl (C=O) groups is 2. The lowest BCUT2D eigenvalue weighted by Crippen LogP contribution is -2.31. The minimum atomic E-state index is -3.78. The molecule has 0 saturated heterocycles. The van der Waals surface area contributed by atoms with E-state index in [1.54, 1.807) is 22.8 Å².